The van der Waals surface area contributed by atoms with Gasteiger partial charge in [0.1, 0.15) is 5.75 Å². The minimum atomic E-state index is -0.203. The van der Waals surface area contributed by atoms with Crippen molar-refractivity contribution < 1.29 is 19.0 Å². The third-order valence-corrected chi connectivity index (χ3v) is 3.78. The Bertz CT molecular complexity index is 813. The number of ether oxygens (including phenoxy) is 3. The summed E-state index contributed by atoms with van der Waals surface area (Å²) in [5, 5.41) is 9.10. The van der Waals surface area contributed by atoms with Crippen molar-refractivity contribution in [2.24, 2.45) is 0 Å². The first-order valence-electron chi connectivity index (χ1n) is 7.42. The Labute approximate surface area is 144 Å². The molecule has 0 aliphatic carbocycles. The maximum Gasteiger partial charge on any atom is 0.200 e. The predicted molar refractivity (Wildman–Crippen MR) is 88.0 cm³/mol. The normalized spacial score (nSPS) is 12.8. The molecule has 0 amide bonds. The summed E-state index contributed by atoms with van der Waals surface area (Å²) in [6, 6.07) is 11.7. The van der Waals surface area contributed by atoms with Crippen LogP contribution in [0.2, 0.25) is 5.02 Å². The molecule has 1 heterocycles. The molecule has 6 heteroatoms. The number of halogens is 1. The lowest BCUT2D eigenvalue weighted by atomic mass is 10.1. The van der Waals surface area contributed by atoms with Gasteiger partial charge in [0.25, 0.3) is 0 Å². The number of carbonyl (C=O) groups is 1. The summed E-state index contributed by atoms with van der Waals surface area (Å²) in [4.78, 5) is 12.3. The monoisotopic (exact) mass is 343 g/mol. The Morgan fingerprint density at radius 2 is 1.96 bits per heavy atom. The van der Waals surface area contributed by atoms with Crippen LogP contribution in [0.5, 0.6) is 17.2 Å². The van der Waals surface area contributed by atoms with Gasteiger partial charge in [-0.05, 0) is 36.4 Å². The van der Waals surface area contributed by atoms with Crippen molar-refractivity contribution in [2.75, 3.05) is 19.8 Å². The Morgan fingerprint density at radius 3 is 2.71 bits per heavy atom. The van der Waals surface area contributed by atoms with Gasteiger partial charge in [-0.2, -0.15) is 5.26 Å². The second-order valence-corrected chi connectivity index (χ2v) is 5.59. The van der Waals surface area contributed by atoms with Gasteiger partial charge in [-0.25, -0.2) is 0 Å². The summed E-state index contributed by atoms with van der Waals surface area (Å²) < 4.78 is 16.6. The number of hydrogen-bond donors (Lipinski definition) is 0. The molecule has 0 saturated heterocycles. The van der Waals surface area contributed by atoms with E-state index in [1.54, 1.807) is 30.3 Å². The lowest BCUT2D eigenvalue weighted by molar-refractivity contribution is 0.0921. The maximum atomic E-state index is 12.3. The third-order valence-electron chi connectivity index (χ3n) is 3.49. The summed E-state index contributed by atoms with van der Waals surface area (Å²) in [7, 11) is 0. The Hall–Kier alpha value is -2.71. The predicted octanol–water partition coefficient (Wildman–Crippen LogP) is 3.63. The van der Waals surface area contributed by atoms with Crippen molar-refractivity contribution in [3.05, 3.63) is 52.5 Å². The summed E-state index contributed by atoms with van der Waals surface area (Å²) in [5.41, 5.74) is 0.908. The lowest BCUT2D eigenvalue weighted by Crippen LogP contribution is -2.12. The van der Waals surface area contributed by atoms with E-state index in [0.29, 0.717) is 46.6 Å². The topological polar surface area (TPSA) is 68.5 Å². The number of nitriles is 1. The van der Waals surface area contributed by atoms with Gasteiger partial charge in [0.05, 0.1) is 29.9 Å². The Kier molecular flexibility index (Phi) is 4.88. The second kappa shape index (κ2) is 7.24. The molecule has 3 rings (SSSR count). The van der Waals surface area contributed by atoms with Gasteiger partial charge in [-0.3, -0.25) is 4.79 Å². The average molecular weight is 344 g/mol. The molecule has 0 fully saturated rings. The summed E-state index contributed by atoms with van der Waals surface area (Å²) in [6.45, 7) is 0.994. The second-order valence-electron chi connectivity index (χ2n) is 5.18. The van der Waals surface area contributed by atoms with E-state index in [1.165, 1.54) is 6.07 Å². The fourth-order valence-corrected chi connectivity index (χ4v) is 2.49. The van der Waals surface area contributed by atoms with Crippen LogP contribution < -0.4 is 14.2 Å². The van der Waals surface area contributed by atoms with Crippen LogP contribution in [-0.2, 0) is 0 Å². The van der Waals surface area contributed by atoms with E-state index in [0.717, 1.165) is 6.42 Å². The number of rotatable bonds is 4. The van der Waals surface area contributed by atoms with Gasteiger partial charge < -0.3 is 14.2 Å². The van der Waals surface area contributed by atoms with Crippen LogP contribution in [0.3, 0.4) is 0 Å². The van der Waals surface area contributed by atoms with Gasteiger partial charge in [-0.15, -0.1) is 0 Å². The van der Waals surface area contributed by atoms with Crippen LogP contribution in [0, 0.1) is 11.3 Å². The quantitative estimate of drug-likeness (QED) is 0.793. The highest BCUT2D eigenvalue weighted by Gasteiger charge is 2.15. The summed E-state index contributed by atoms with van der Waals surface area (Å²) in [6.07, 6.45) is 0.804. The van der Waals surface area contributed by atoms with E-state index in [9.17, 15) is 4.79 Å². The maximum absolute atomic E-state index is 12.3. The smallest absolute Gasteiger partial charge is 0.200 e. The van der Waals surface area contributed by atoms with Crippen LogP contribution in [0.1, 0.15) is 22.3 Å². The van der Waals surface area contributed by atoms with Crippen molar-refractivity contribution in [1.82, 2.24) is 0 Å². The highest BCUT2D eigenvalue weighted by Crippen LogP contribution is 2.31. The van der Waals surface area contributed by atoms with E-state index in [4.69, 9.17) is 31.1 Å². The molecule has 0 unspecified atom stereocenters. The van der Waals surface area contributed by atoms with E-state index in [1.807, 2.05) is 6.07 Å². The molecule has 0 N–H and O–H groups in total. The molecule has 1 aliphatic heterocycles. The highest BCUT2D eigenvalue weighted by atomic mass is 35.5. The number of benzene rings is 2. The summed E-state index contributed by atoms with van der Waals surface area (Å²) >= 11 is 6.03. The molecule has 1 aliphatic rings. The van der Waals surface area contributed by atoms with Crippen LogP contribution >= 0.6 is 11.6 Å². The molecule has 122 valence electrons. The van der Waals surface area contributed by atoms with Crippen molar-refractivity contribution in [3.8, 4) is 23.3 Å². The van der Waals surface area contributed by atoms with E-state index in [2.05, 4.69) is 0 Å². The zero-order valence-corrected chi connectivity index (χ0v) is 13.5. The van der Waals surface area contributed by atoms with Crippen molar-refractivity contribution in [2.45, 2.75) is 6.42 Å². The molecular formula is C18H14ClNO4. The number of Topliss-reactive ketones (excluding diaryl/α,β-unsaturated/α-hetero) is 1. The molecule has 24 heavy (non-hydrogen) atoms. The first-order valence-corrected chi connectivity index (χ1v) is 7.80. The van der Waals surface area contributed by atoms with Crippen LogP contribution in [0.25, 0.3) is 0 Å². The molecule has 0 saturated carbocycles. The zero-order chi connectivity index (χ0) is 16.9. The van der Waals surface area contributed by atoms with Crippen molar-refractivity contribution in [3.63, 3.8) is 0 Å². The van der Waals surface area contributed by atoms with E-state index >= 15 is 0 Å². The van der Waals surface area contributed by atoms with E-state index in [-0.39, 0.29) is 12.4 Å². The standard InChI is InChI=1S/C18H14ClNO4/c19-14-8-12(10-20)2-4-16(14)24-11-15(21)13-3-5-17-18(9-13)23-7-1-6-22-17/h2-5,8-9H,1,6-7,11H2. The van der Waals surface area contributed by atoms with Crippen LogP contribution in [-0.4, -0.2) is 25.6 Å². The first kappa shape index (κ1) is 16.2. The molecular weight excluding hydrogens is 330 g/mol. The van der Waals surface area contributed by atoms with Gasteiger partial charge >= 0.3 is 0 Å². The molecule has 0 spiro atoms. The number of hydrogen-bond acceptors (Lipinski definition) is 5. The first-order chi connectivity index (χ1) is 11.7. The number of carbonyl (C=O) groups excluding carboxylic acids is 1. The molecule has 0 radical (unpaired) electrons. The Balaban J connectivity index is 1.69. The third kappa shape index (κ3) is 3.61. The summed E-state index contributed by atoms with van der Waals surface area (Å²) in [5.74, 6) is 1.36. The largest absolute Gasteiger partial charge is 0.490 e. The number of nitrogens with zero attached hydrogens (tertiary/aromatic N) is 1. The number of fused-ring (bicyclic) bond motifs is 1. The highest BCUT2D eigenvalue weighted by molar-refractivity contribution is 6.32. The lowest BCUT2D eigenvalue weighted by Gasteiger charge is -2.10. The SMILES string of the molecule is N#Cc1ccc(OCC(=O)c2ccc3c(c2)OCCCO3)c(Cl)c1. The van der Waals surface area contributed by atoms with E-state index < -0.39 is 0 Å². The number of ketones is 1. The van der Waals surface area contributed by atoms with Crippen molar-refractivity contribution in [1.29, 1.82) is 5.26 Å². The molecule has 2 aromatic rings. The molecule has 0 bridgehead atoms. The average Bonchev–Trinajstić information content (AvgIpc) is 2.85. The fraction of sp³-hybridized carbons (Fsp3) is 0.222. The van der Waals surface area contributed by atoms with Gasteiger partial charge in [0.15, 0.2) is 23.9 Å². The van der Waals surface area contributed by atoms with Crippen molar-refractivity contribution >= 4 is 17.4 Å². The Morgan fingerprint density at radius 1 is 1.17 bits per heavy atom. The fourth-order valence-electron chi connectivity index (χ4n) is 2.25. The molecule has 0 aromatic heterocycles. The molecule has 0 atom stereocenters. The van der Waals surface area contributed by atoms with Crippen LogP contribution in [0.15, 0.2) is 36.4 Å². The van der Waals surface area contributed by atoms with Gasteiger partial charge in [0.2, 0.25) is 0 Å². The van der Waals surface area contributed by atoms with Gasteiger partial charge in [0, 0.05) is 12.0 Å². The van der Waals surface area contributed by atoms with Gasteiger partial charge in [-0.1, -0.05) is 11.6 Å². The molecule has 2 aromatic carbocycles. The zero-order valence-electron chi connectivity index (χ0n) is 12.8. The minimum Gasteiger partial charge on any atom is -0.490 e. The minimum absolute atomic E-state index is 0.161. The molecule has 5 nitrogen and oxygen atoms in total. The van der Waals surface area contributed by atoms with Crippen LogP contribution in [0.4, 0.5) is 0 Å².